The zero-order chi connectivity index (χ0) is 16.3. The number of benzene rings is 1. The Bertz CT molecular complexity index is 765. The Hall–Kier alpha value is -2.63. The lowest BCUT2D eigenvalue weighted by atomic mass is 10.1. The van der Waals surface area contributed by atoms with Gasteiger partial charge in [0, 0.05) is 12.1 Å². The summed E-state index contributed by atoms with van der Waals surface area (Å²) in [4.78, 5) is 23.7. The molecule has 2 rings (SSSR count). The summed E-state index contributed by atoms with van der Waals surface area (Å²) in [5.74, 6) is 0.874. The molecular formula is C16H18N2O4. The van der Waals surface area contributed by atoms with Crippen molar-refractivity contribution in [1.29, 1.82) is 0 Å². The van der Waals surface area contributed by atoms with Crippen LogP contribution in [0.25, 0.3) is 11.3 Å². The molecule has 1 aromatic carbocycles. The molecule has 0 amide bonds. The van der Waals surface area contributed by atoms with Gasteiger partial charge in [-0.05, 0) is 38.1 Å². The predicted octanol–water partition coefficient (Wildman–Crippen LogP) is 2.15. The van der Waals surface area contributed by atoms with Crippen LogP contribution in [0.15, 0.2) is 29.1 Å². The first-order valence-electron chi connectivity index (χ1n) is 6.87. The summed E-state index contributed by atoms with van der Waals surface area (Å²) < 4.78 is 11.7. The summed E-state index contributed by atoms with van der Waals surface area (Å²) >= 11 is 0. The van der Waals surface area contributed by atoms with Gasteiger partial charge in [0.1, 0.15) is 0 Å². The Labute approximate surface area is 128 Å². The fourth-order valence-electron chi connectivity index (χ4n) is 2.14. The number of hydrogen-bond acceptors (Lipinski definition) is 5. The summed E-state index contributed by atoms with van der Waals surface area (Å²) in [6.07, 6.45) is 0. The van der Waals surface area contributed by atoms with Crippen LogP contribution in [0.3, 0.4) is 0 Å². The summed E-state index contributed by atoms with van der Waals surface area (Å²) in [5.41, 5.74) is 1.02. The van der Waals surface area contributed by atoms with E-state index >= 15 is 0 Å². The number of carbonyl (C=O) groups is 1. The van der Waals surface area contributed by atoms with E-state index in [2.05, 4.69) is 5.10 Å². The fraction of sp³-hybridized carbons (Fsp3) is 0.312. The van der Waals surface area contributed by atoms with Crippen LogP contribution in [-0.2, 0) is 6.54 Å². The molecule has 22 heavy (non-hydrogen) atoms. The molecule has 1 heterocycles. The highest BCUT2D eigenvalue weighted by atomic mass is 16.5. The Morgan fingerprint density at radius 1 is 1.18 bits per heavy atom. The summed E-state index contributed by atoms with van der Waals surface area (Å²) in [7, 11) is 3.10. The van der Waals surface area contributed by atoms with Crippen molar-refractivity contribution in [2.24, 2.45) is 0 Å². The summed E-state index contributed by atoms with van der Waals surface area (Å²) in [6, 6.07) is 6.83. The summed E-state index contributed by atoms with van der Waals surface area (Å²) in [6.45, 7) is 3.56. The minimum absolute atomic E-state index is 0.127. The van der Waals surface area contributed by atoms with Crippen LogP contribution in [0, 0.1) is 0 Å². The van der Waals surface area contributed by atoms with E-state index < -0.39 is 0 Å². The topological polar surface area (TPSA) is 70.4 Å². The zero-order valence-corrected chi connectivity index (χ0v) is 13.0. The maximum Gasteiger partial charge on any atom is 0.277 e. The molecule has 0 unspecified atom stereocenters. The highest BCUT2D eigenvalue weighted by Crippen LogP contribution is 2.31. The molecule has 0 aliphatic carbocycles. The monoisotopic (exact) mass is 302 g/mol. The molecule has 0 aliphatic heterocycles. The number of ketones is 1. The van der Waals surface area contributed by atoms with Gasteiger partial charge in [-0.25, -0.2) is 4.68 Å². The first kappa shape index (κ1) is 15.8. The molecule has 2 aromatic rings. The molecule has 0 radical (unpaired) electrons. The van der Waals surface area contributed by atoms with Crippen LogP contribution in [0.2, 0.25) is 0 Å². The van der Waals surface area contributed by atoms with Gasteiger partial charge in [0.15, 0.2) is 17.3 Å². The van der Waals surface area contributed by atoms with Crippen molar-refractivity contribution in [3.05, 3.63) is 40.2 Å². The third kappa shape index (κ3) is 2.86. The lowest BCUT2D eigenvalue weighted by Gasteiger charge is -2.11. The summed E-state index contributed by atoms with van der Waals surface area (Å²) in [5, 5.41) is 4.29. The smallest absolute Gasteiger partial charge is 0.277 e. The second-order valence-electron chi connectivity index (χ2n) is 4.69. The largest absolute Gasteiger partial charge is 0.493 e. The number of Topliss-reactive ketones (excluding diaryl/α,β-unsaturated/α-hetero) is 1. The van der Waals surface area contributed by atoms with Gasteiger partial charge in [0.05, 0.1) is 25.5 Å². The number of carbonyl (C=O) groups excluding carboxylic acids is 1. The average molecular weight is 302 g/mol. The molecule has 0 bridgehead atoms. The van der Waals surface area contributed by atoms with Gasteiger partial charge in [0.25, 0.3) is 5.56 Å². The minimum atomic E-state index is -0.376. The van der Waals surface area contributed by atoms with Crippen molar-refractivity contribution in [3.63, 3.8) is 0 Å². The lowest BCUT2D eigenvalue weighted by Crippen LogP contribution is -2.27. The molecule has 0 saturated heterocycles. The first-order chi connectivity index (χ1) is 10.5. The van der Waals surface area contributed by atoms with Crippen molar-refractivity contribution in [3.8, 4) is 22.8 Å². The molecule has 0 atom stereocenters. The molecule has 0 fully saturated rings. The highest BCUT2D eigenvalue weighted by Gasteiger charge is 2.14. The van der Waals surface area contributed by atoms with Crippen LogP contribution in [0.4, 0.5) is 0 Å². The SMILES string of the molecule is CCn1nc(-c2ccc(OC)c(OC)c2)cc(C(C)=O)c1=O. The van der Waals surface area contributed by atoms with Crippen molar-refractivity contribution < 1.29 is 14.3 Å². The van der Waals surface area contributed by atoms with Crippen LogP contribution >= 0.6 is 0 Å². The number of aromatic nitrogens is 2. The zero-order valence-electron chi connectivity index (χ0n) is 13.0. The van der Waals surface area contributed by atoms with Crippen LogP contribution in [-0.4, -0.2) is 29.8 Å². The highest BCUT2D eigenvalue weighted by molar-refractivity contribution is 5.94. The van der Waals surface area contributed by atoms with Crippen LogP contribution in [0.5, 0.6) is 11.5 Å². The third-order valence-electron chi connectivity index (χ3n) is 3.33. The van der Waals surface area contributed by atoms with E-state index in [1.807, 2.05) is 0 Å². The van der Waals surface area contributed by atoms with Gasteiger partial charge in [-0.1, -0.05) is 0 Å². The van der Waals surface area contributed by atoms with Crippen LogP contribution < -0.4 is 15.0 Å². The van der Waals surface area contributed by atoms with E-state index in [1.54, 1.807) is 39.3 Å². The number of nitrogens with zero attached hydrogens (tertiary/aromatic N) is 2. The van der Waals surface area contributed by atoms with Crippen LogP contribution in [0.1, 0.15) is 24.2 Å². The molecule has 6 heteroatoms. The number of aryl methyl sites for hydroxylation is 1. The first-order valence-corrected chi connectivity index (χ1v) is 6.87. The van der Waals surface area contributed by atoms with Gasteiger partial charge in [0.2, 0.25) is 0 Å². The normalized spacial score (nSPS) is 10.4. The average Bonchev–Trinajstić information content (AvgIpc) is 2.54. The number of methoxy groups -OCH3 is 2. The van der Waals surface area contributed by atoms with E-state index in [1.165, 1.54) is 17.7 Å². The maximum atomic E-state index is 12.1. The van der Waals surface area contributed by atoms with Crippen molar-refractivity contribution in [2.75, 3.05) is 14.2 Å². The molecule has 0 aliphatic rings. The maximum absolute atomic E-state index is 12.1. The number of ether oxygens (including phenoxy) is 2. The van der Waals surface area contributed by atoms with Gasteiger partial charge in [-0.15, -0.1) is 0 Å². The standard InChI is InChI=1S/C16H18N2O4/c1-5-18-16(20)12(10(2)19)9-13(17-18)11-6-7-14(21-3)15(8-11)22-4/h6-9H,5H2,1-4H3. The Balaban J connectivity index is 2.64. The molecule has 1 aromatic heterocycles. The third-order valence-corrected chi connectivity index (χ3v) is 3.33. The van der Waals surface area contributed by atoms with Gasteiger partial charge < -0.3 is 9.47 Å². The van der Waals surface area contributed by atoms with Crippen molar-refractivity contribution in [1.82, 2.24) is 9.78 Å². The number of rotatable bonds is 5. The number of hydrogen-bond donors (Lipinski definition) is 0. The molecule has 0 spiro atoms. The second kappa shape index (κ2) is 6.43. The van der Waals surface area contributed by atoms with Gasteiger partial charge in [-0.3, -0.25) is 9.59 Å². The lowest BCUT2D eigenvalue weighted by molar-refractivity contribution is 0.101. The predicted molar refractivity (Wildman–Crippen MR) is 82.7 cm³/mol. The van der Waals surface area contributed by atoms with Gasteiger partial charge >= 0.3 is 0 Å². The van der Waals surface area contributed by atoms with E-state index in [4.69, 9.17) is 9.47 Å². The Morgan fingerprint density at radius 2 is 1.86 bits per heavy atom. The molecule has 116 valence electrons. The molecular weight excluding hydrogens is 284 g/mol. The van der Waals surface area contributed by atoms with E-state index in [-0.39, 0.29) is 16.9 Å². The van der Waals surface area contributed by atoms with Crippen molar-refractivity contribution in [2.45, 2.75) is 20.4 Å². The van der Waals surface area contributed by atoms with Crippen molar-refractivity contribution >= 4 is 5.78 Å². The second-order valence-corrected chi connectivity index (χ2v) is 4.69. The quantitative estimate of drug-likeness (QED) is 0.791. The molecule has 6 nitrogen and oxygen atoms in total. The molecule has 0 saturated carbocycles. The Morgan fingerprint density at radius 3 is 2.41 bits per heavy atom. The minimum Gasteiger partial charge on any atom is -0.493 e. The van der Waals surface area contributed by atoms with E-state index in [9.17, 15) is 9.59 Å². The van der Waals surface area contributed by atoms with E-state index in [0.717, 1.165) is 5.56 Å². The Kier molecular flexibility index (Phi) is 4.60. The fourth-order valence-corrected chi connectivity index (χ4v) is 2.14. The molecule has 0 N–H and O–H groups in total. The van der Waals surface area contributed by atoms with Gasteiger partial charge in [-0.2, -0.15) is 5.10 Å². The van der Waals surface area contributed by atoms with E-state index in [0.29, 0.717) is 23.7 Å².